The Bertz CT molecular complexity index is 1270. The zero-order chi connectivity index (χ0) is 46.5. The van der Waals surface area contributed by atoms with Crippen LogP contribution < -0.4 is 5.32 Å². The molecule has 0 saturated carbocycles. The summed E-state index contributed by atoms with van der Waals surface area (Å²) in [5.74, 6) is -0.275. The molecular formula is C53H98N2O7P+. The maximum Gasteiger partial charge on any atom is 0.472 e. The molecule has 0 spiro atoms. The van der Waals surface area contributed by atoms with E-state index >= 15 is 0 Å². The Morgan fingerprint density at radius 2 is 0.984 bits per heavy atom. The molecule has 10 heteroatoms. The molecule has 0 aromatic carbocycles. The number of carbonyl (C=O) groups is 1. The molecule has 9 nitrogen and oxygen atoms in total. The highest BCUT2D eigenvalue weighted by Crippen LogP contribution is 2.43. The molecule has 0 fully saturated rings. The highest BCUT2D eigenvalue weighted by molar-refractivity contribution is 7.47. The normalized spacial score (nSPS) is 15.2. The van der Waals surface area contributed by atoms with E-state index in [1.807, 2.05) is 21.1 Å². The van der Waals surface area contributed by atoms with Crippen LogP contribution in [-0.2, 0) is 18.4 Å². The summed E-state index contributed by atoms with van der Waals surface area (Å²) in [6.45, 7) is 4.45. The number of hydrogen-bond acceptors (Lipinski definition) is 6. The molecule has 1 amide bonds. The van der Waals surface area contributed by atoms with E-state index in [0.717, 1.165) is 70.6 Å². The molecule has 0 aliphatic rings. The Kier molecular flexibility index (Phi) is 42.3. The van der Waals surface area contributed by atoms with E-state index in [-0.39, 0.29) is 18.9 Å². The van der Waals surface area contributed by atoms with Crippen LogP contribution in [0.25, 0.3) is 0 Å². The lowest BCUT2D eigenvalue weighted by atomic mass is 10.0. The number of quaternary nitrogens is 1. The summed E-state index contributed by atoms with van der Waals surface area (Å²) in [5, 5.41) is 24.7. The van der Waals surface area contributed by atoms with E-state index in [1.54, 1.807) is 0 Å². The van der Waals surface area contributed by atoms with E-state index < -0.39 is 32.7 Å². The Morgan fingerprint density at radius 3 is 1.46 bits per heavy atom. The molecule has 0 saturated heterocycles. The van der Waals surface area contributed by atoms with Crippen molar-refractivity contribution in [1.29, 1.82) is 0 Å². The fraction of sp³-hybridized carbons (Fsp3) is 0.755. The number of phosphoric ester groups is 1. The summed E-state index contributed by atoms with van der Waals surface area (Å²) < 4.78 is 23.5. The lowest BCUT2D eigenvalue weighted by Crippen LogP contribution is -2.51. The molecule has 4 N–H and O–H groups in total. The second-order valence-electron chi connectivity index (χ2n) is 18.3. The number of phosphoric acid groups is 1. The molecule has 0 heterocycles. The first-order valence-corrected chi connectivity index (χ1v) is 26.9. The minimum Gasteiger partial charge on any atom is -0.390 e. The van der Waals surface area contributed by atoms with Gasteiger partial charge in [0.15, 0.2) is 0 Å². The largest absolute Gasteiger partial charge is 0.472 e. The third-order valence-electron chi connectivity index (χ3n) is 11.0. The molecule has 63 heavy (non-hydrogen) atoms. The molecule has 0 aliphatic heterocycles. The van der Waals surface area contributed by atoms with Gasteiger partial charge in [-0.2, -0.15) is 0 Å². The van der Waals surface area contributed by atoms with E-state index in [9.17, 15) is 24.5 Å². The fourth-order valence-corrected chi connectivity index (χ4v) is 7.73. The van der Waals surface area contributed by atoms with Gasteiger partial charge in [-0.3, -0.25) is 13.8 Å². The number of rotatable bonds is 45. The van der Waals surface area contributed by atoms with Crippen molar-refractivity contribution in [3.8, 4) is 0 Å². The van der Waals surface area contributed by atoms with Crippen molar-refractivity contribution in [2.75, 3.05) is 40.9 Å². The summed E-state index contributed by atoms with van der Waals surface area (Å²) in [5.41, 5.74) is 0. The van der Waals surface area contributed by atoms with Crippen LogP contribution in [0.1, 0.15) is 200 Å². The summed E-state index contributed by atoms with van der Waals surface area (Å²) in [6.07, 6.45) is 55.5. The first-order valence-electron chi connectivity index (χ1n) is 25.4. The zero-order valence-electron chi connectivity index (χ0n) is 41.2. The highest BCUT2D eigenvalue weighted by Gasteiger charge is 2.31. The minimum atomic E-state index is -4.43. The van der Waals surface area contributed by atoms with Crippen molar-refractivity contribution in [2.45, 2.75) is 218 Å². The number of hydrogen-bond donors (Lipinski definition) is 4. The van der Waals surface area contributed by atoms with Gasteiger partial charge in [-0.25, -0.2) is 4.57 Å². The van der Waals surface area contributed by atoms with Gasteiger partial charge in [0, 0.05) is 6.42 Å². The third kappa shape index (κ3) is 44.9. The SMILES string of the molecule is CC/C=C\C/C=C\C/C=C\C/C=C\C/C=C\CCCCCCCCCCCCCC(=O)NC(COP(=O)(O)OCC[N+](C)(C)C)C(O)C(O)CCC/C=C/CCCCCCCCC. The number of nitrogens with zero attached hydrogens (tertiary/aromatic N) is 1. The van der Waals surface area contributed by atoms with Gasteiger partial charge < -0.3 is 24.9 Å². The van der Waals surface area contributed by atoms with Gasteiger partial charge in [0.05, 0.1) is 39.9 Å². The fourth-order valence-electron chi connectivity index (χ4n) is 6.99. The molecule has 0 bridgehead atoms. The topological polar surface area (TPSA) is 125 Å². The Balaban J connectivity index is 4.31. The summed E-state index contributed by atoms with van der Waals surface area (Å²) in [4.78, 5) is 23.2. The van der Waals surface area contributed by atoms with E-state index in [0.29, 0.717) is 30.3 Å². The molecule has 4 unspecified atom stereocenters. The van der Waals surface area contributed by atoms with E-state index in [4.69, 9.17) is 9.05 Å². The predicted octanol–water partition coefficient (Wildman–Crippen LogP) is 13.7. The average Bonchev–Trinajstić information content (AvgIpc) is 3.24. The van der Waals surface area contributed by atoms with Crippen molar-refractivity contribution in [3.05, 3.63) is 72.9 Å². The number of amides is 1. The van der Waals surface area contributed by atoms with E-state index in [1.165, 1.54) is 89.9 Å². The molecule has 4 atom stereocenters. The number of aliphatic hydroxyl groups excluding tert-OH is 2. The second-order valence-corrected chi connectivity index (χ2v) is 19.7. The first kappa shape index (κ1) is 60.9. The maximum absolute atomic E-state index is 13.0. The maximum atomic E-state index is 13.0. The monoisotopic (exact) mass is 906 g/mol. The van der Waals surface area contributed by atoms with Gasteiger partial charge in [-0.15, -0.1) is 0 Å². The van der Waals surface area contributed by atoms with Gasteiger partial charge in [0.2, 0.25) is 5.91 Å². The van der Waals surface area contributed by atoms with Crippen LogP contribution in [0.5, 0.6) is 0 Å². The molecule has 0 rings (SSSR count). The van der Waals surface area contributed by atoms with Crippen LogP contribution in [-0.4, -0.2) is 84.6 Å². The smallest absolute Gasteiger partial charge is 0.390 e. The molecule has 366 valence electrons. The van der Waals surface area contributed by atoms with Crippen LogP contribution in [0, 0.1) is 0 Å². The minimum absolute atomic E-state index is 0.0128. The molecule has 0 aromatic heterocycles. The number of nitrogens with one attached hydrogen (secondary N) is 1. The molecule has 0 aliphatic carbocycles. The van der Waals surface area contributed by atoms with Crippen LogP contribution in [0.15, 0.2) is 72.9 Å². The standard InChI is InChI=1S/C53H97N2O7P/c1-6-8-10-12-14-16-18-20-21-22-23-24-25-26-27-28-29-30-31-32-33-34-36-38-40-42-44-46-52(57)54-50(49-62-63(59,60)61-48-47-55(3,4)5)53(58)51(56)45-43-41-39-37-35-19-17-15-13-11-9-7-2/h8,10,14,16,20-21,23-24,26-27,37,39,50-51,53,56,58H,6-7,9,11-13,15,17-19,22,25,28-36,38,40-49H2,1-5H3,(H-,54,57,59,60)/p+1/b10-8-,16-14-,21-20-,24-23-,27-26-,39-37+. The van der Waals surface area contributed by atoms with Crippen LogP contribution >= 0.6 is 7.82 Å². The van der Waals surface area contributed by atoms with Gasteiger partial charge in [-0.1, -0.05) is 183 Å². The number of carbonyl (C=O) groups excluding carboxylic acids is 1. The third-order valence-corrected chi connectivity index (χ3v) is 12.0. The van der Waals surface area contributed by atoms with Crippen LogP contribution in [0.3, 0.4) is 0 Å². The molecule has 0 radical (unpaired) electrons. The van der Waals surface area contributed by atoms with Crippen molar-refractivity contribution >= 4 is 13.7 Å². The Hall–Kier alpha value is -2.10. The van der Waals surface area contributed by atoms with E-state index in [2.05, 4.69) is 92.1 Å². The number of unbranched alkanes of at least 4 members (excludes halogenated alkanes) is 19. The van der Waals surface area contributed by atoms with Gasteiger partial charge in [0.1, 0.15) is 19.3 Å². The lowest BCUT2D eigenvalue weighted by molar-refractivity contribution is -0.870. The van der Waals surface area contributed by atoms with Crippen LogP contribution in [0.2, 0.25) is 0 Å². The summed E-state index contributed by atoms with van der Waals surface area (Å²) in [7, 11) is 1.41. The predicted molar refractivity (Wildman–Crippen MR) is 269 cm³/mol. The van der Waals surface area contributed by atoms with Crippen molar-refractivity contribution < 1.29 is 38.0 Å². The number of likely N-dealkylation sites (N-methyl/N-ethyl adjacent to an activating group) is 1. The van der Waals surface area contributed by atoms with Gasteiger partial charge in [-0.05, 0) is 83.5 Å². The number of allylic oxidation sites excluding steroid dienone is 12. The second kappa shape index (κ2) is 43.8. The Morgan fingerprint density at radius 1 is 0.571 bits per heavy atom. The molecule has 0 aromatic rings. The Labute approximate surface area is 387 Å². The molecular weight excluding hydrogens is 808 g/mol. The quantitative estimate of drug-likeness (QED) is 0.0208. The first-order chi connectivity index (χ1) is 30.4. The number of aliphatic hydroxyl groups is 2. The average molecular weight is 906 g/mol. The van der Waals surface area contributed by atoms with Gasteiger partial charge >= 0.3 is 7.82 Å². The van der Waals surface area contributed by atoms with Crippen molar-refractivity contribution in [3.63, 3.8) is 0 Å². The van der Waals surface area contributed by atoms with Crippen LogP contribution in [0.4, 0.5) is 0 Å². The highest BCUT2D eigenvalue weighted by atomic mass is 31.2. The lowest BCUT2D eigenvalue weighted by Gasteiger charge is -2.28. The van der Waals surface area contributed by atoms with Crippen molar-refractivity contribution in [1.82, 2.24) is 5.32 Å². The zero-order valence-corrected chi connectivity index (χ0v) is 42.1. The van der Waals surface area contributed by atoms with Crippen molar-refractivity contribution in [2.24, 2.45) is 0 Å². The summed E-state index contributed by atoms with van der Waals surface area (Å²) >= 11 is 0. The summed E-state index contributed by atoms with van der Waals surface area (Å²) in [6, 6.07) is -1.05. The van der Waals surface area contributed by atoms with Gasteiger partial charge in [0.25, 0.3) is 0 Å².